The molecule has 0 amide bonds. The molecule has 0 fully saturated rings. The van der Waals surface area contributed by atoms with E-state index in [0.29, 0.717) is 76.7 Å². The molecule has 0 bridgehead atoms. The summed E-state index contributed by atoms with van der Waals surface area (Å²) in [7, 11) is 9.28. The fourth-order valence-electron chi connectivity index (χ4n) is 15.4. The zero-order valence-corrected chi connectivity index (χ0v) is 62.6. The van der Waals surface area contributed by atoms with Crippen molar-refractivity contribution in [3.05, 3.63) is 192 Å². The van der Waals surface area contributed by atoms with Gasteiger partial charge in [0.05, 0.1) is 44.6 Å². The molecule has 0 saturated heterocycles. The number of fused-ring (bicyclic) bond motifs is 6. The van der Waals surface area contributed by atoms with Crippen molar-refractivity contribution >= 4 is 43.6 Å². The lowest BCUT2D eigenvalue weighted by Gasteiger charge is -2.36. The highest BCUT2D eigenvalue weighted by atomic mass is 19.1. The number of rotatable bonds is 15. The third-order valence-electron chi connectivity index (χ3n) is 19.9. The van der Waals surface area contributed by atoms with Gasteiger partial charge in [-0.05, 0) is 190 Å². The van der Waals surface area contributed by atoms with Crippen LogP contribution in [0.15, 0.2) is 121 Å². The molecule has 8 heteroatoms. The minimum atomic E-state index is -0.433. The molecule has 96 heavy (non-hydrogen) atoms. The zero-order chi connectivity index (χ0) is 70.9. The molecular weight excluding hydrogens is 1190 g/mol. The molecule has 0 spiro atoms. The van der Waals surface area contributed by atoms with Crippen LogP contribution >= 0.6 is 0 Å². The van der Waals surface area contributed by atoms with E-state index in [1.807, 2.05) is 13.8 Å². The second-order valence-corrected chi connectivity index (χ2v) is 35.8. The molecule has 0 saturated carbocycles. The molecule has 8 aromatic carbocycles. The lowest BCUT2D eigenvalue weighted by Crippen LogP contribution is -2.25. The quantitative estimate of drug-likeness (QED) is 0.0794. The first-order valence-corrected chi connectivity index (χ1v) is 34.8. The first-order chi connectivity index (χ1) is 44.2. The highest BCUT2D eigenvalue weighted by Crippen LogP contribution is 2.53. The van der Waals surface area contributed by atoms with Crippen molar-refractivity contribution in [2.75, 3.05) is 13.2 Å². The number of hydrogen-bond acceptors (Lipinski definition) is 2. The van der Waals surface area contributed by atoms with Gasteiger partial charge in [0.2, 0.25) is 11.5 Å². The first kappa shape index (κ1) is 71.2. The van der Waals surface area contributed by atoms with Gasteiger partial charge in [-0.15, -0.1) is 0 Å². The summed E-state index contributed by atoms with van der Waals surface area (Å²) in [6.07, 6.45) is 2.61. The maximum atomic E-state index is 16.7. The zero-order valence-electron chi connectivity index (χ0n) is 62.6. The van der Waals surface area contributed by atoms with Crippen LogP contribution in [0.25, 0.3) is 77.2 Å². The molecular formula is C88H110F2N2O4. The van der Waals surface area contributed by atoms with Gasteiger partial charge in [-0.1, -0.05) is 208 Å². The number of benzene rings is 8. The van der Waals surface area contributed by atoms with E-state index in [1.165, 1.54) is 34.4 Å². The normalized spacial score (nSPS) is 13.3. The Morgan fingerprint density at radius 2 is 0.698 bits per heavy atom. The molecule has 0 atom stereocenters. The molecule has 510 valence electrons. The molecule has 2 heterocycles. The van der Waals surface area contributed by atoms with Crippen LogP contribution in [0.1, 0.15) is 223 Å². The second-order valence-electron chi connectivity index (χ2n) is 35.8. The standard InChI is InChI=1S/C88H110F2N2O4/c1-27-54-40-62(90)50-70(68-42-60(88(23,24)52-82(6,7)8)48-76(78(68)94)92-73-45-57(85(15,16)17)31-35-65(73)66-36-32-58(46-74(66)92)86(18,19)20)80(54)96(26)38-28-37-95(25)79-53(2)39-61(89)49-69(79)67-41-59(87(21,22)51-81(3,4)5)47-75(77(67)93)91-71-43-55(83(9,10)11)29-33-63(71)64-34-30-56(44-72(64)91)84(12,13)14/h29-36,39-50,93-94H,25-28,37-38,51-52H2,1-24H3. The van der Waals surface area contributed by atoms with Crippen LogP contribution in [-0.2, 0) is 47.6 Å². The van der Waals surface area contributed by atoms with E-state index in [1.54, 1.807) is 12.1 Å². The van der Waals surface area contributed by atoms with Gasteiger partial charge in [0.25, 0.3) is 0 Å². The number of nitrogens with zero attached hydrogens (tertiary/aromatic N) is 2. The highest BCUT2D eigenvalue weighted by Gasteiger charge is 2.36. The first-order valence-electron chi connectivity index (χ1n) is 34.8. The van der Waals surface area contributed by atoms with Crippen LogP contribution in [-0.4, -0.2) is 32.6 Å². The summed E-state index contributed by atoms with van der Waals surface area (Å²) in [5, 5.41) is 31.1. The molecule has 6 nitrogen and oxygen atoms in total. The molecule has 0 radical (unpaired) electrons. The molecule has 0 aliphatic carbocycles. The fourth-order valence-corrected chi connectivity index (χ4v) is 15.4. The van der Waals surface area contributed by atoms with E-state index >= 15 is 8.78 Å². The van der Waals surface area contributed by atoms with Gasteiger partial charge in [0.15, 0.2) is 13.2 Å². The predicted octanol–water partition coefficient (Wildman–Crippen LogP) is 25.6. The molecule has 2 aromatic heterocycles. The number of halogens is 2. The van der Waals surface area contributed by atoms with E-state index < -0.39 is 22.5 Å². The Hall–Kier alpha value is -7.58. The lowest BCUT2D eigenvalue weighted by atomic mass is 9.71. The second kappa shape index (κ2) is 24.7. The summed E-state index contributed by atoms with van der Waals surface area (Å²) in [6.45, 7) is 53.9. The van der Waals surface area contributed by atoms with E-state index in [2.05, 4.69) is 281 Å². The summed E-state index contributed by atoms with van der Waals surface area (Å²) >= 11 is 0. The van der Waals surface area contributed by atoms with Gasteiger partial charge in [-0.3, -0.25) is 0 Å². The number of hydrogen-bond donors (Lipinski definition) is 2. The summed E-state index contributed by atoms with van der Waals surface area (Å²) in [5.74, 6) is 0.459. The monoisotopic (exact) mass is 1300 g/mol. The van der Waals surface area contributed by atoms with Crippen molar-refractivity contribution in [1.82, 2.24) is 9.13 Å². The number of aromatic nitrogens is 2. The number of aromatic hydroxyl groups is 2. The Bertz CT molecular complexity index is 4500. The van der Waals surface area contributed by atoms with Crippen molar-refractivity contribution in [1.29, 1.82) is 0 Å². The molecule has 0 aliphatic rings. The van der Waals surface area contributed by atoms with Crippen molar-refractivity contribution in [3.8, 4) is 56.6 Å². The minimum Gasteiger partial charge on any atom is -0.711 e. The van der Waals surface area contributed by atoms with Gasteiger partial charge in [-0.25, -0.2) is 8.78 Å². The van der Waals surface area contributed by atoms with E-state index in [0.717, 1.165) is 73.1 Å². The van der Waals surface area contributed by atoms with Gasteiger partial charge in [-0.2, -0.15) is 0 Å². The smallest absolute Gasteiger partial charge is 0.238 e. The van der Waals surface area contributed by atoms with Crippen LogP contribution in [0, 0.1) is 43.6 Å². The third-order valence-corrected chi connectivity index (χ3v) is 19.9. The minimum absolute atomic E-state index is 0.0295. The maximum absolute atomic E-state index is 16.7. The molecule has 10 aromatic rings. The Morgan fingerprint density at radius 3 is 1.01 bits per heavy atom. The van der Waals surface area contributed by atoms with Gasteiger partial charge >= 0.3 is 0 Å². The van der Waals surface area contributed by atoms with E-state index in [4.69, 9.17) is 0 Å². The number of phenolic OH excluding ortho intramolecular Hbond substituents is 2. The molecule has 10 rings (SSSR count). The average molecular weight is 1300 g/mol. The Labute approximate surface area is 574 Å². The van der Waals surface area contributed by atoms with Crippen molar-refractivity contribution in [2.24, 2.45) is 10.8 Å². The van der Waals surface area contributed by atoms with E-state index in [-0.39, 0.29) is 44.0 Å². The largest absolute Gasteiger partial charge is 0.711 e. The summed E-state index contributed by atoms with van der Waals surface area (Å²) in [6, 6.07) is 41.5. The average Bonchev–Trinajstić information content (AvgIpc) is 1.52. The van der Waals surface area contributed by atoms with Crippen molar-refractivity contribution in [3.63, 3.8) is 0 Å². The Balaban J connectivity index is 1.11. The van der Waals surface area contributed by atoms with Crippen LogP contribution < -0.4 is 0 Å². The van der Waals surface area contributed by atoms with Crippen molar-refractivity contribution in [2.45, 2.75) is 224 Å². The van der Waals surface area contributed by atoms with Crippen LogP contribution in [0.5, 0.6) is 23.0 Å². The summed E-state index contributed by atoms with van der Waals surface area (Å²) < 4.78 is 43.8. The lowest BCUT2D eigenvalue weighted by molar-refractivity contribution is -0.0171. The third kappa shape index (κ3) is 14.0. The Morgan fingerprint density at radius 1 is 0.385 bits per heavy atom. The number of aryl methyl sites for hydroxylation is 2. The van der Waals surface area contributed by atoms with Crippen LogP contribution in [0.3, 0.4) is 0 Å². The Kier molecular flexibility index (Phi) is 18.4. The predicted molar refractivity (Wildman–Crippen MR) is 405 cm³/mol. The molecule has 0 aliphatic heterocycles. The maximum Gasteiger partial charge on any atom is 0.238 e. The molecule has 2 N–H and O–H groups in total. The molecule has 0 unspecified atom stereocenters. The number of phenols is 2. The highest BCUT2D eigenvalue weighted by molar-refractivity contribution is 6.11. The summed E-state index contributed by atoms with van der Waals surface area (Å²) in [4.78, 5) is 0. The van der Waals surface area contributed by atoms with Gasteiger partial charge in [0.1, 0.15) is 29.6 Å². The topological polar surface area (TPSA) is 55.7 Å². The van der Waals surface area contributed by atoms with Crippen LogP contribution in [0.2, 0.25) is 0 Å². The summed E-state index contributed by atoms with van der Waals surface area (Å²) in [5.41, 5.74) is 13.7. The van der Waals surface area contributed by atoms with E-state index in [9.17, 15) is 10.2 Å². The SMILES string of the molecule is [CH2-][O+](CCC[O+]([CH2-])c1c(CC)cc(F)cc1-c1cc(C(C)(C)CC(C)(C)C)cc(-n2c3cc(C(C)(C)C)ccc3c3ccc(C(C)(C)C)cc32)c1O)c1c(C)cc(F)cc1-c1cc(C(C)(C)CC(C)(C)C)cc(-n2c3cc(C(C)(C)C)ccc3c3ccc(C(C)(C)C)cc32)c1O. The van der Waals surface area contributed by atoms with Gasteiger partial charge in [0, 0.05) is 43.8 Å². The fraction of sp³-hybridized carbons (Fsp3) is 0.432. The van der Waals surface area contributed by atoms with Crippen LogP contribution in [0.4, 0.5) is 8.78 Å². The van der Waals surface area contributed by atoms with Gasteiger partial charge < -0.3 is 28.1 Å². The van der Waals surface area contributed by atoms with Crippen molar-refractivity contribution < 1.29 is 27.7 Å².